The van der Waals surface area contributed by atoms with Gasteiger partial charge in [-0.3, -0.25) is 9.69 Å². The Bertz CT molecular complexity index is 760. The molecule has 6 nitrogen and oxygen atoms in total. The first-order valence-electron chi connectivity index (χ1n) is 11.1. The predicted octanol–water partition coefficient (Wildman–Crippen LogP) is 2.67. The summed E-state index contributed by atoms with van der Waals surface area (Å²) in [7, 11) is 0. The van der Waals surface area contributed by atoms with Crippen LogP contribution in [-0.2, 0) is 14.9 Å². The first-order chi connectivity index (χ1) is 14.1. The Hall–Kier alpha value is -1.49. The van der Waals surface area contributed by atoms with Crippen LogP contribution in [0.5, 0.6) is 0 Å². The van der Waals surface area contributed by atoms with Gasteiger partial charge >= 0.3 is 0 Å². The maximum Gasteiger partial charge on any atom is 0.244 e. The highest BCUT2D eigenvalue weighted by Crippen LogP contribution is 2.60. The number of nitrogens with zero attached hydrogens (tertiary/aromatic N) is 3. The lowest BCUT2D eigenvalue weighted by Crippen LogP contribution is -2.48. The van der Waals surface area contributed by atoms with Crippen LogP contribution in [0.3, 0.4) is 0 Å². The Kier molecular flexibility index (Phi) is 5.35. The monoisotopic (exact) mass is 414 g/mol. The zero-order valence-electron chi connectivity index (χ0n) is 16.9. The van der Waals surface area contributed by atoms with Gasteiger partial charge in [-0.15, -0.1) is 11.3 Å². The van der Waals surface area contributed by atoms with Crippen LogP contribution < -0.4 is 5.32 Å². The number of hydrogen-bond acceptors (Lipinski definition) is 6. The molecule has 4 aliphatic carbocycles. The maximum absolute atomic E-state index is 12.7. The number of morpholine rings is 1. The van der Waals surface area contributed by atoms with Gasteiger partial charge in [0.1, 0.15) is 5.01 Å². The molecule has 1 aromatic rings. The molecule has 0 spiro atoms. The second-order valence-electron chi connectivity index (χ2n) is 9.58. The van der Waals surface area contributed by atoms with Crippen molar-refractivity contribution in [3.63, 3.8) is 0 Å². The predicted molar refractivity (Wildman–Crippen MR) is 111 cm³/mol. The number of hydrogen-bond donors (Lipinski definition) is 1. The molecule has 1 atom stereocenters. The summed E-state index contributed by atoms with van der Waals surface area (Å²) in [5, 5.41) is 15.4. The molecule has 1 N–H and O–H groups in total. The van der Waals surface area contributed by atoms with Gasteiger partial charge in [0, 0.05) is 37.0 Å². The van der Waals surface area contributed by atoms with Crippen molar-refractivity contribution in [3.8, 4) is 6.07 Å². The molecule has 0 aromatic carbocycles. The second kappa shape index (κ2) is 7.98. The van der Waals surface area contributed by atoms with E-state index in [9.17, 15) is 10.1 Å². The van der Waals surface area contributed by atoms with E-state index in [1.807, 2.05) is 0 Å². The van der Waals surface area contributed by atoms with E-state index in [4.69, 9.17) is 9.72 Å². The number of carbonyl (C=O) groups excluding carboxylic acids is 1. The zero-order valence-corrected chi connectivity index (χ0v) is 17.8. The SMILES string of the molecule is N#CC(C(=O)NCCN1CCOCC1)c1nc(C23CC4CC(CC(C4)C2)C3)cs1. The number of amides is 1. The fraction of sp³-hybridized carbons (Fsp3) is 0.773. The Morgan fingerprint density at radius 1 is 1.28 bits per heavy atom. The van der Waals surface area contributed by atoms with Gasteiger partial charge in [0.25, 0.3) is 0 Å². The summed E-state index contributed by atoms with van der Waals surface area (Å²) in [6.07, 6.45) is 7.98. The highest BCUT2D eigenvalue weighted by molar-refractivity contribution is 7.10. The van der Waals surface area contributed by atoms with Crippen LogP contribution >= 0.6 is 11.3 Å². The summed E-state index contributed by atoms with van der Waals surface area (Å²) >= 11 is 1.50. The molecule has 6 rings (SSSR count). The van der Waals surface area contributed by atoms with Crippen molar-refractivity contribution < 1.29 is 9.53 Å². The van der Waals surface area contributed by atoms with Crippen molar-refractivity contribution in [1.29, 1.82) is 5.26 Å². The van der Waals surface area contributed by atoms with Crippen molar-refractivity contribution in [2.75, 3.05) is 39.4 Å². The van der Waals surface area contributed by atoms with Crippen LogP contribution in [0.4, 0.5) is 0 Å². The maximum atomic E-state index is 12.7. The number of thiazole rings is 1. The van der Waals surface area contributed by atoms with E-state index in [1.165, 1.54) is 49.9 Å². The van der Waals surface area contributed by atoms with Gasteiger partial charge in [-0.2, -0.15) is 5.26 Å². The Morgan fingerprint density at radius 2 is 1.93 bits per heavy atom. The third-order valence-corrected chi connectivity index (χ3v) is 8.48. The van der Waals surface area contributed by atoms with Crippen molar-refractivity contribution >= 4 is 17.2 Å². The van der Waals surface area contributed by atoms with Crippen LogP contribution in [0.2, 0.25) is 0 Å². The summed E-state index contributed by atoms with van der Waals surface area (Å²) < 4.78 is 5.35. The average molecular weight is 415 g/mol. The van der Waals surface area contributed by atoms with E-state index in [0.29, 0.717) is 11.6 Å². The van der Waals surface area contributed by atoms with Crippen LogP contribution in [-0.4, -0.2) is 55.2 Å². The van der Waals surface area contributed by atoms with Crippen LogP contribution in [0.25, 0.3) is 0 Å². The minimum absolute atomic E-state index is 0.216. The number of nitrogens with one attached hydrogen (secondary N) is 1. The highest BCUT2D eigenvalue weighted by atomic mass is 32.1. The average Bonchev–Trinajstić information content (AvgIpc) is 3.19. The molecular formula is C22H30N4O2S. The van der Waals surface area contributed by atoms with Gasteiger partial charge in [-0.1, -0.05) is 0 Å². The van der Waals surface area contributed by atoms with E-state index in [0.717, 1.165) is 56.3 Å². The minimum Gasteiger partial charge on any atom is -0.379 e. The molecule has 7 heteroatoms. The van der Waals surface area contributed by atoms with Gasteiger partial charge < -0.3 is 10.1 Å². The fourth-order valence-electron chi connectivity index (χ4n) is 6.58. The van der Waals surface area contributed by atoms with Crippen molar-refractivity contribution in [2.45, 2.75) is 49.9 Å². The molecule has 1 aliphatic heterocycles. The number of rotatable bonds is 6. The number of nitriles is 1. The molecule has 1 unspecified atom stereocenters. The van der Waals surface area contributed by atoms with Gasteiger partial charge in [-0.05, 0) is 56.3 Å². The van der Waals surface area contributed by atoms with Gasteiger partial charge in [0.2, 0.25) is 5.91 Å². The quantitative estimate of drug-likeness (QED) is 0.774. The zero-order chi connectivity index (χ0) is 19.8. The summed E-state index contributed by atoms with van der Waals surface area (Å²) in [4.78, 5) is 19.8. The Morgan fingerprint density at radius 3 is 2.55 bits per heavy atom. The third kappa shape index (κ3) is 3.83. The standard InChI is InChI=1S/C22H30N4O2S/c23-13-18(20(27)24-1-2-26-3-5-28-6-4-26)21-25-19(14-29-21)22-10-15-7-16(11-22)9-17(8-15)12-22/h14-18H,1-12H2,(H,24,27). The highest BCUT2D eigenvalue weighted by Gasteiger charge is 2.52. The molecule has 1 amide bonds. The molecule has 156 valence electrons. The largest absolute Gasteiger partial charge is 0.379 e. The molecular weight excluding hydrogens is 384 g/mol. The summed E-state index contributed by atoms with van der Waals surface area (Å²) in [5.74, 6) is 1.57. The number of ether oxygens (including phenoxy) is 1. The van der Waals surface area contributed by atoms with Gasteiger partial charge in [0.05, 0.1) is 25.0 Å². The first kappa shape index (κ1) is 19.5. The molecule has 4 saturated carbocycles. The smallest absolute Gasteiger partial charge is 0.244 e. The van der Waals surface area contributed by atoms with E-state index in [1.54, 1.807) is 0 Å². The normalized spacial score (nSPS) is 34.7. The number of aromatic nitrogens is 1. The molecule has 2 heterocycles. The van der Waals surface area contributed by atoms with Gasteiger partial charge in [0.15, 0.2) is 5.92 Å². The first-order valence-corrected chi connectivity index (χ1v) is 12.0. The van der Waals surface area contributed by atoms with E-state index in [-0.39, 0.29) is 11.3 Å². The molecule has 0 radical (unpaired) electrons. The topological polar surface area (TPSA) is 78.2 Å². The van der Waals surface area contributed by atoms with Crippen LogP contribution in [0, 0.1) is 29.1 Å². The molecule has 29 heavy (non-hydrogen) atoms. The molecule has 1 aromatic heterocycles. The molecule has 1 saturated heterocycles. The molecule has 5 fully saturated rings. The Labute approximate surface area is 176 Å². The van der Waals surface area contributed by atoms with Crippen molar-refractivity contribution in [1.82, 2.24) is 15.2 Å². The Balaban J connectivity index is 1.23. The van der Waals surface area contributed by atoms with E-state index >= 15 is 0 Å². The molecule has 5 aliphatic rings. The summed E-state index contributed by atoms with van der Waals surface area (Å²) in [6, 6.07) is 2.20. The summed E-state index contributed by atoms with van der Waals surface area (Å²) in [5.41, 5.74) is 1.38. The van der Waals surface area contributed by atoms with Crippen molar-refractivity contribution in [3.05, 3.63) is 16.1 Å². The molecule has 4 bridgehead atoms. The summed E-state index contributed by atoms with van der Waals surface area (Å²) in [6.45, 7) is 4.66. The third-order valence-electron chi connectivity index (χ3n) is 7.57. The van der Waals surface area contributed by atoms with Gasteiger partial charge in [-0.25, -0.2) is 4.98 Å². The van der Waals surface area contributed by atoms with Crippen LogP contribution in [0.1, 0.15) is 55.1 Å². The lowest BCUT2D eigenvalue weighted by atomic mass is 9.49. The van der Waals surface area contributed by atoms with E-state index < -0.39 is 5.92 Å². The van der Waals surface area contributed by atoms with Crippen molar-refractivity contribution in [2.24, 2.45) is 17.8 Å². The lowest BCUT2D eigenvalue weighted by molar-refractivity contribution is -0.121. The second-order valence-corrected chi connectivity index (χ2v) is 10.5. The fourth-order valence-corrected chi connectivity index (χ4v) is 7.56. The minimum atomic E-state index is -0.799. The van der Waals surface area contributed by atoms with Crippen LogP contribution in [0.15, 0.2) is 5.38 Å². The lowest BCUT2D eigenvalue weighted by Gasteiger charge is -2.56. The van der Waals surface area contributed by atoms with E-state index in [2.05, 4.69) is 21.7 Å². The number of carbonyl (C=O) groups is 1.